The highest BCUT2D eigenvalue weighted by Gasteiger charge is 2.21. The molecule has 1 N–H and O–H groups in total. The van der Waals surface area contributed by atoms with Crippen LogP contribution < -0.4 is 5.32 Å². The summed E-state index contributed by atoms with van der Waals surface area (Å²) in [6.07, 6.45) is 69.5. The summed E-state index contributed by atoms with van der Waals surface area (Å²) in [7, 11) is 2.07. The van der Waals surface area contributed by atoms with E-state index >= 15 is 0 Å². The van der Waals surface area contributed by atoms with Gasteiger partial charge in [0.25, 0.3) is 0 Å². The summed E-state index contributed by atoms with van der Waals surface area (Å²) in [5, 5.41) is 3.38. The number of unbranched alkanes of at least 4 members (excludes halogenated alkanes) is 44. The van der Waals surface area contributed by atoms with E-state index in [1.807, 2.05) is 0 Å². The summed E-state index contributed by atoms with van der Waals surface area (Å²) >= 11 is 0. The van der Waals surface area contributed by atoms with Crippen molar-refractivity contribution in [2.24, 2.45) is 11.8 Å². The third kappa shape index (κ3) is 56.0. The summed E-state index contributed by atoms with van der Waals surface area (Å²) in [6, 6.07) is 0. The number of hydrogen-bond acceptors (Lipinski definition) is 6. The summed E-state index contributed by atoms with van der Waals surface area (Å²) in [5.74, 6) is 0.432. The lowest BCUT2D eigenvalue weighted by molar-refractivity contribution is -0.150. The smallest absolute Gasteiger partial charge is 0.308 e. The standard InChI is InChI=1S/C69H138N2O4/c1-6-10-14-18-22-26-28-34-42-50-58-66(56-48-40-32-24-20-16-12-8-3)68(72)74-64-54-46-38-30-36-44-52-61-71(63-60-70-5)62-53-45-37-31-39-47-55-65-75-69(73)67(57-49-41-33-25-21-17-13-9-4)59-51-43-35-29-27-23-19-15-11-7-2/h66-67,70H,6-65H2,1-5H3. The Labute approximate surface area is 471 Å². The summed E-state index contributed by atoms with van der Waals surface area (Å²) in [4.78, 5) is 29.2. The third-order valence-corrected chi connectivity index (χ3v) is 16.7. The van der Waals surface area contributed by atoms with Gasteiger partial charge in [-0.15, -0.1) is 0 Å². The lowest BCUT2D eigenvalue weighted by atomic mass is 9.94. The number of likely N-dealkylation sites (N-methyl/N-ethyl adjacent to an activating group) is 1. The molecule has 0 aliphatic carbocycles. The maximum Gasteiger partial charge on any atom is 0.308 e. The second kappa shape index (κ2) is 63.7. The van der Waals surface area contributed by atoms with Gasteiger partial charge in [-0.3, -0.25) is 9.59 Å². The van der Waals surface area contributed by atoms with Crippen LogP contribution in [0.4, 0.5) is 0 Å². The summed E-state index contributed by atoms with van der Waals surface area (Å²) in [5.41, 5.74) is 0. The highest BCUT2D eigenvalue weighted by atomic mass is 16.5. The zero-order valence-corrected chi connectivity index (χ0v) is 52.2. The number of esters is 2. The molecular formula is C69H138N2O4. The molecule has 6 heteroatoms. The fraction of sp³-hybridized carbons (Fsp3) is 0.971. The van der Waals surface area contributed by atoms with E-state index in [0.29, 0.717) is 13.2 Å². The van der Waals surface area contributed by atoms with Crippen molar-refractivity contribution in [3.8, 4) is 0 Å². The van der Waals surface area contributed by atoms with Crippen LogP contribution in [0.5, 0.6) is 0 Å². The third-order valence-electron chi connectivity index (χ3n) is 16.7. The van der Waals surface area contributed by atoms with Crippen molar-refractivity contribution >= 4 is 11.9 Å². The molecule has 0 spiro atoms. The Morgan fingerprint density at radius 2 is 0.507 bits per heavy atom. The van der Waals surface area contributed by atoms with E-state index in [-0.39, 0.29) is 23.8 Å². The van der Waals surface area contributed by atoms with Crippen LogP contribution in [0.1, 0.15) is 374 Å². The van der Waals surface area contributed by atoms with E-state index in [1.54, 1.807) is 0 Å². The predicted octanol–water partition coefficient (Wildman–Crippen LogP) is 22.0. The number of carbonyl (C=O) groups is 2. The van der Waals surface area contributed by atoms with Gasteiger partial charge in [-0.1, -0.05) is 323 Å². The first-order valence-electron chi connectivity index (χ1n) is 34.7. The van der Waals surface area contributed by atoms with Gasteiger partial charge in [-0.05, 0) is 71.5 Å². The molecule has 0 amide bonds. The van der Waals surface area contributed by atoms with E-state index in [2.05, 4.69) is 45.0 Å². The van der Waals surface area contributed by atoms with Gasteiger partial charge in [0.1, 0.15) is 0 Å². The zero-order valence-electron chi connectivity index (χ0n) is 52.2. The van der Waals surface area contributed by atoms with Gasteiger partial charge in [0.05, 0.1) is 25.0 Å². The van der Waals surface area contributed by atoms with Crippen molar-refractivity contribution < 1.29 is 19.1 Å². The lowest BCUT2D eigenvalue weighted by Gasteiger charge is -2.22. The van der Waals surface area contributed by atoms with E-state index in [1.165, 1.54) is 321 Å². The minimum absolute atomic E-state index is 0.101. The second-order valence-corrected chi connectivity index (χ2v) is 24.1. The average Bonchev–Trinajstić information content (AvgIpc) is 3.41. The molecule has 2 atom stereocenters. The molecule has 0 aromatic heterocycles. The largest absolute Gasteiger partial charge is 0.465 e. The summed E-state index contributed by atoms with van der Waals surface area (Å²) in [6.45, 7) is 15.0. The molecule has 0 aromatic rings. The SMILES string of the molecule is CCCCCCCCCCCCC(CCCCCCCCCC)C(=O)OCCCCCCCCCN(CCCCCCCCCOC(=O)C(CCCCCCCCCC)CCCCCCCCCCCC)CCNC. The molecule has 0 saturated heterocycles. The molecule has 0 rings (SSSR count). The second-order valence-electron chi connectivity index (χ2n) is 24.1. The molecule has 0 heterocycles. The average molecular weight is 1060 g/mol. The van der Waals surface area contributed by atoms with Crippen LogP contribution in [0.3, 0.4) is 0 Å². The minimum Gasteiger partial charge on any atom is -0.465 e. The van der Waals surface area contributed by atoms with Gasteiger partial charge in [-0.25, -0.2) is 0 Å². The van der Waals surface area contributed by atoms with Gasteiger partial charge in [0.2, 0.25) is 0 Å². The first-order valence-corrected chi connectivity index (χ1v) is 34.7. The highest BCUT2D eigenvalue weighted by Crippen LogP contribution is 2.24. The van der Waals surface area contributed by atoms with Crippen LogP contribution in [-0.4, -0.2) is 63.3 Å². The van der Waals surface area contributed by atoms with Crippen LogP contribution in [0.25, 0.3) is 0 Å². The Bertz CT molecular complexity index is 1020. The predicted molar refractivity (Wildman–Crippen MR) is 331 cm³/mol. The Morgan fingerprint density at radius 3 is 0.747 bits per heavy atom. The Kier molecular flexibility index (Phi) is 62.7. The van der Waals surface area contributed by atoms with Crippen molar-refractivity contribution in [1.82, 2.24) is 10.2 Å². The number of rotatable bonds is 65. The Morgan fingerprint density at radius 1 is 0.293 bits per heavy atom. The maximum absolute atomic E-state index is 13.3. The normalized spacial score (nSPS) is 12.5. The number of ether oxygens (including phenoxy) is 2. The van der Waals surface area contributed by atoms with Crippen LogP contribution in [0.2, 0.25) is 0 Å². The number of nitrogens with zero attached hydrogens (tertiary/aromatic N) is 1. The Balaban J connectivity index is 4.28. The van der Waals surface area contributed by atoms with Crippen molar-refractivity contribution in [2.45, 2.75) is 374 Å². The van der Waals surface area contributed by atoms with E-state index < -0.39 is 0 Å². The van der Waals surface area contributed by atoms with Gasteiger partial charge in [0, 0.05) is 13.1 Å². The van der Waals surface area contributed by atoms with Crippen LogP contribution in [0.15, 0.2) is 0 Å². The Hall–Kier alpha value is -1.14. The molecule has 2 unspecified atom stereocenters. The zero-order chi connectivity index (χ0) is 54.4. The topological polar surface area (TPSA) is 67.9 Å². The highest BCUT2D eigenvalue weighted by molar-refractivity contribution is 5.72. The maximum atomic E-state index is 13.3. The van der Waals surface area contributed by atoms with Crippen molar-refractivity contribution in [3.63, 3.8) is 0 Å². The van der Waals surface area contributed by atoms with Crippen molar-refractivity contribution in [1.29, 1.82) is 0 Å². The molecule has 0 bridgehead atoms. The molecule has 0 aromatic carbocycles. The van der Waals surface area contributed by atoms with E-state index in [4.69, 9.17) is 9.47 Å². The molecule has 0 radical (unpaired) electrons. The fourth-order valence-electron chi connectivity index (χ4n) is 11.4. The molecular weight excluding hydrogens is 921 g/mol. The van der Waals surface area contributed by atoms with Gasteiger partial charge in [-0.2, -0.15) is 0 Å². The first-order chi connectivity index (χ1) is 37.0. The molecule has 0 fully saturated rings. The molecule has 75 heavy (non-hydrogen) atoms. The van der Waals surface area contributed by atoms with Crippen molar-refractivity contribution in [2.75, 3.05) is 46.4 Å². The van der Waals surface area contributed by atoms with Gasteiger partial charge < -0.3 is 19.7 Å². The minimum atomic E-state index is 0.101. The molecule has 0 saturated carbocycles. The van der Waals surface area contributed by atoms with Crippen molar-refractivity contribution in [3.05, 3.63) is 0 Å². The molecule has 448 valence electrons. The fourth-order valence-corrected chi connectivity index (χ4v) is 11.4. The molecule has 6 nitrogen and oxygen atoms in total. The van der Waals surface area contributed by atoms with Crippen LogP contribution in [0, 0.1) is 11.8 Å². The number of hydrogen-bond donors (Lipinski definition) is 1. The number of nitrogens with one attached hydrogen (secondary N) is 1. The van der Waals surface area contributed by atoms with E-state index in [0.717, 1.165) is 51.6 Å². The van der Waals surface area contributed by atoms with Gasteiger partial charge in [0.15, 0.2) is 0 Å². The lowest BCUT2D eigenvalue weighted by Crippen LogP contribution is -2.32. The van der Waals surface area contributed by atoms with Gasteiger partial charge >= 0.3 is 11.9 Å². The summed E-state index contributed by atoms with van der Waals surface area (Å²) < 4.78 is 11.9. The molecule has 0 aliphatic heterocycles. The van der Waals surface area contributed by atoms with Crippen LogP contribution in [-0.2, 0) is 19.1 Å². The van der Waals surface area contributed by atoms with Crippen LogP contribution >= 0.6 is 0 Å². The first kappa shape index (κ1) is 73.9. The van der Waals surface area contributed by atoms with E-state index in [9.17, 15) is 9.59 Å². The monoisotopic (exact) mass is 1060 g/mol. The quantitative estimate of drug-likeness (QED) is 0.0484. The molecule has 0 aliphatic rings. The number of carbonyl (C=O) groups excluding carboxylic acids is 2.